The van der Waals surface area contributed by atoms with E-state index in [0.29, 0.717) is 18.5 Å². The maximum absolute atomic E-state index is 13.2. The van der Waals surface area contributed by atoms with Crippen molar-refractivity contribution in [2.24, 2.45) is 7.05 Å². The number of rotatable bonds is 8. The van der Waals surface area contributed by atoms with Gasteiger partial charge in [-0.15, -0.1) is 0 Å². The fraction of sp³-hybridized carbons (Fsp3) is 0.250. The number of carboxylic acid groups (broad SMARTS) is 1. The average Bonchev–Trinajstić information content (AvgIpc) is 3.37. The number of alkyl halides is 3. The van der Waals surface area contributed by atoms with Crippen LogP contribution in [0.3, 0.4) is 0 Å². The summed E-state index contributed by atoms with van der Waals surface area (Å²) in [6, 6.07) is 10.3. The molecule has 1 saturated heterocycles. The van der Waals surface area contributed by atoms with E-state index < -0.39 is 39.9 Å². The highest BCUT2D eigenvalue weighted by molar-refractivity contribution is 7.89. The molecule has 3 amide bonds. The van der Waals surface area contributed by atoms with E-state index >= 15 is 0 Å². The van der Waals surface area contributed by atoms with Crippen molar-refractivity contribution in [2.45, 2.75) is 30.0 Å². The van der Waals surface area contributed by atoms with Gasteiger partial charge >= 0.3 is 12.1 Å². The number of nitrogens with zero attached hydrogens (tertiary/aromatic N) is 3. The highest BCUT2D eigenvalue weighted by atomic mass is 35.5. The number of nitrogens with one attached hydrogen (secondary N) is 3. The largest absolute Gasteiger partial charge is 0.490 e. The van der Waals surface area contributed by atoms with Crippen LogP contribution in [0.4, 0.5) is 24.5 Å². The Bertz CT molecular complexity index is 1770. The number of anilines is 2. The monoisotopic (exact) mass is 718 g/mol. The quantitative estimate of drug-likeness (QED) is 0.249. The number of hydrogen-bond acceptors (Lipinski definition) is 7. The van der Waals surface area contributed by atoms with Gasteiger partial charge in [0.25, 0.3) is 11.8 Å². The lowest BCUT2D eigenvalue weighted by atomic mass is 10.1. The number of carbonyl (C=O) groups excluding carboxylic acids is 3. The lowest BCUT2D eigenvalue weighted by Gasteiger charge is -2.31. The highest BCUT2D eigenvalue weighted by Crippen LogP contribution is 2.27. The van der Waals surface area contributed by atoms with E-state index in [2.05, 4.69) is 27.6 Å². The van der Waals surface area contributed by atoms with Crippen molar-refractivity contribution in [1.29, 1.82) is 0 Å². The van der Waals surface area contributed by atoms with E-state index in [0.717, 1.165) is 6.08 Å². The fourth-order valence-electron chi connectivity index (χ4n) is 4.22. The molecule has 0 spiro atoms. The molecule has 3 aromatic rings. The van der Waals surface area contributed by atoms with Crippen molar-refractivity contribution in [3.8, 4) is 0 Å². The van der Waals surface area contributed by atoms with Gasteiger partial charge in [0.1, 0.15) is 0 Å². The van der Waals surface area contributed by atoms with Crippen LogP contribution in [0.25, 0.3) is 0 Å². The first-order valence-corrected chi connectivity index (χ1v) is 15.6. The Morgan fingerprint density at radius 1 is 1.02 bits per heavy atom. The first-order valence-electron chi connectivity index (χ1n) is 13.4. The van der Waals surface area contributed by atoms with Crippen LogP contribution in [0.1, 0.15) is 33.7 Å². The zero-order valence-electron chi connectivity index (χ0n) is 24.3. The second-order valence-corrected chi connectivity index (χ2v) is 12.5. The van der Waals surface area contributed by atoms with Crippen LogP contribution in [-0.2, 0) is 26.7 Å². The molecular formula is C28H27Cl2F3N6O7S. The Kier molecular flexibility index (Phi) is 12.1. The summed E-state index contributed by atoms with van der Waals surface area (Å²) in [5.41, 5.74) is 0.573. The summed E-state index contributed by atoms with van der Waals surface area (Å²) in [6.07, 6.45) is -1.78. The molecule has 1 aromatic heterocycles. The highest BCUT2D eigenvalue weighted by Gasteiger charge is 2.38. The van der Waals surface area contributed by atoms with Crippen molar-refractivity contribution >= 4 is 68.3 Å². The standard InChI is InChI=1S/C26H26Cl2N6O5S.C2HF3O2/c1-3-22(35)29-17-6-4-7-18(14-17)40(38,39)34-12-10-16(11-13-34)30-26(37)24-21(15-33(2)32-24)31-25(36)23-19(27)8-5-9-20(23)28;3-2(4,5)1(6)7/h3-9,14-16H,1,10-13H2,2H3,(H,29,35)(H,30,37)(H,31,36);(H,6,7). The molecule has 1 aliphatic heterocycles. The van der Waals surface area contributed by atoms with Crippen LogP contribution in [0.5, 0.6) is 0 Å². The minimum Gasteiger partial charge on any atom is -0.475 e. The van der Waals surface area contributed by atoms with Crippen LogP contribution < -0.4 is 16.0 Å². The van der Waals surface area contributed by atoms with Gasteiger partial charge in [-0.1, -0.05) is 41.9 Å². The van der Waals surface area contributed by atoms with E-state index in [-0.39, 0.29) is 51.0 Å². The van der Waals surface area contributed by atoms with E-state index in [1.165, 1.54) is 39.4 Å². The van der Waals surface area contributed by atoms with Crippen molar-refractivity contribution in [3.63, 3.8) is 0 Å². The number of sulfonamides is 1. The third kappa shape index (κ3) is 9.77. The molecule has 19 heteroatoms. The third-order valence-electron chi connectivity index (χ3n) is 6.44. The first-order chi connectivity index (χ1) is 21.9. The maximum atomic E-state index is 13.2. The number of halogens is 5. The number of benzene rings is 2. The van der Waals surface area contributed by atoms with Crippen LogP contribution in [-0.4, -0.2) is 76.6 Å². The van der Waals surface area contributed by atoms with Gasteiger partial charge in [-0.2, -0.15) is 22.6 Å². The first kappa shape index (κ1) is 37.0. The number of hydrogen-bond donors (Lipinski definition) is 4. The molecule has 0 saturated carbocycles. The van der Waals surface area contributed by atoms with Crippen molar-refractivity contribution in [2.75, 3.05) is 23.7 Å². The predicted molar refractivity (Wildman–Crippen MR) is 166 cm³/mol. The van der Waals surface area contributed by atoms with E-state index in [1.807, 2.05) is 0 Å². The number of carboxylic acids is 1. The summed E-state index contributed by atoms with van der Waals surface area (Å²) in [7, 11) is -2.22. The van der Waals surface area contributed by atoms with Crippen molar-refractivity contribution < 1.29 is 45.9 Å². The SMILES string of the molecule is C=CC(=O)Nc1cccc(S(=O)(=O)N2CCC(NC(=O)c3nn(C)cc3NC(=O)c3c(Cl)cccc3Cl)CC2)c1.O=C(O)C(F)(F)F. The van der Waals surface area contributed by atoms with Gasteiger partial charge < -0.3 is 21.1 Å². The van der Waals surface area contributed by atoms with Gasteiger partial charge in [-0.05, 0) is 49.2 Å². The van der Waals surface area contributed by atoms with E-state index in [1.54, 1.807) is 25.2 Å². The molecule has 0 atom stereocenters. The third-order valence-corrected chi connectivity index (χ3v) is 8.96. The minimum atomic E-state index is -5.08. The number of piperidine rings is 1. The Morgan fingerprint density at radius 3 is 2.15 bits per heavy atom. The molecule has 1 fully saturated rings. The van der Waals surface area contributed by atoms with Gasteiger partial charge in [0.15, 0.2) is 5.69 Å². The molecule has 2 aromatic carbocycles. The van der Waals surface area contributed by atoms with Crippen LogP contribution in [0.2, 0.25) is 10.0 Å². The van der Waals surface area contributed by atoms with Gasteiger partial charge in [-0.25, -0.2) is 13.2 Å². The number of aliphatic carboxylic acids is 1. The summed E-state index contributed by atoms with van der Waals surface area (Å²) >= 11 is 12.3. The van der Waals surface area contributed by atoms with E-state index in [9.17, 15) is 36.0 Å². The average molecular weight is 720 g/mol. The Labute approximate surface area is 276 Å². The summed E-state index contributed by atoms with van der Waals surface area (Å²) < 4.78 is 60.8. The Hall–Kier alpha value is -4.45. The van der Waals surface area contributed by atoms with Crippen LogP contribution in [0.15, 0.2) is 66.2 Å². The van der Waals surface area contributed by atoms with Gasteiger partial charge in [0.2, 0.25) is 15.9 Å². The van der Waals surface area contributed by atoms with Gasteiger partial charge in [0, 0.05) is 38.1 Å². The number of carbonyl (C=O) groups is 4. The molecule has 2 heterocycles. The number of aromatic nitrogens is 2. The number of amides is 3. The lowest BCUT2D eigenvalue weighted by Crippen LogP contribution is -2.46. The molecule has 4 rings (SSSR count). The van der Waals surface area contributed by atoms with Gasteiger partial charge in [-0.3, -0.25) is 19.1 Å². The lowest BCUT2D eigenvalue weighted by molar-refractivity contribution is -0.192. The molecule has 1 aliphatic rings. The summed E-state index contributed by atoms with van der Waals surface area (Å²) in [6.45, 7) is 3.73. The van der Waals surface area contributed by atoms with E-state index in [4.69, 9.17) is 33.1 Å². The molecule has 13 nitrogen and oxygen atoms in total. The molecule has 0 radical (unpaired) electrons. The normalized spacial score (nSPS) is 13.9. The molecular weight excluding hydrogens is 692 g/mol. The van der Waals surface area contributed by atoms with Gasteiger partial charge in [0.05, 0.1) is 26.2 Å². The fourth-order valence-corrected chi connectivity index (χ4v) is 6.30. The van der Waals surface area contributed by atoms with Crippen LogP contribution >= 0.6 is 23.2 Å². The second kappa shape index (κ2) is 15.4. The maximum Gasteiger partial charge on any atom is 0.490 e. The second-order valence-electron chi connectivity index (χ2n) is 9.79. The Morgan fingerprint density at radius 2 is 1.60 bits per heavy atom. The zero-order valence-corrected chi connectivity index (χ0v) is 26.7. The molecule has 0 unspecified atom stereocenters. The molecule has 47 heavy (non-hydrogen) atoms. The molecule has 0 bridgehead atoms. The molecule has 0 aliphatic carbocycles. The van der Waals surface area contributed by atoms with Crippen molar-refractivity contribution in [3.05, 3.63) is 82.6 Å². The topological polar surface area (TPSA) is 180 Å². The Balaban J connectivity index is 0.000000771. The molecule has 4 N–H and O–H groups in total. The van der Waals surface area contributed by atoms with Crippen LogP contribution in [0, 0.1) is 0 Å². The zero-order chi connectivity index (χ0) is 35.1. The minimum absolute atomic E-state index is 0.00698. The molecule has 252 valence electrons. The predicted octanol–water partition coefficient (Wildman–Crippen LogP) is 4.32. The summed E-state index contributed by atoms with van der Waals surface area (Å²) in [5.74, 6) is -4.32. The number of aryl methyl sites for hydroxylation is 1. The smallest absolute Gasteiger partial charge is 0.475 e. The summed E-state index contributed by atoms with van der Waals surface area (Å²) in [4.78, 5) is 46.4. The summed E-state index contributed by atoms with van der Waals surface area (Å²) in [5, 5.41) is 19.7. The van der Waals surface area contributed by atoms with Crippen molar-refractivity contribution in [1.82, 2.24) is 19.4 Å².